The molecule has 1 amide bonds. The molecule has 2 rings (SSSR count). The third-order valence-electron chi connectivity index (χ3n) is 2.30. The van der Waals surface area contributed by atoms with E-state index in [0.29, 0.717) is 18.0 Å². The van der Waals surface area contributed by atoms with Gasteiger partial charge in [-0.15, -0.1) is 0 Å². The molecule has 1 aromatic carbocycles. The minimum absolute atomic E-state index is 0.0338. The van der Waals surface area contributed by atoms with Crippen LogP contribution in [0.4, 0.5) is 0 Å². The highest BCUT2D eigenvalue weighted by Gasteiger charge is 2.04. The molecule has 0 aliphatic rings. The van der Waals surface area contributed by atoms with Gasteiger partial charge in [0.05, 0.1) is 12.6 Å². The average Bonchev–Trinajstić information content (AvgIpc) is 2.79. The lowest BCUT2D eigenvalue weighted by atomic mass is 10.1. The normalized spacial score (nSPS) is 10.2. The molecule has 0 aliphatic heterocycles. The van der Waals surface area contributed by atoms with Gasteiger partial charge in [-0.25, -0.2) is 0 Å². The molecule has 0 bridgehead atoms. The Labute approximate surface area is 104 Å². The fourth-order valence-electron chi connectivity index (χ4n) is 1.47. The van der Waals surface area contributed by atoms with Crippen molar-refractivity contribution in [1.82, 2.24) is 15.5 Å². The second-order valence-corrected chi connectivity index (χ2v) is 4.13. The number of benzene rings is 1. The third kappa shape index (κ3) is 3.60. The summed E-state index contributed by atoms with van der Waals surface area (Å²) in [7, 11) is 0. The van der Waals surface area contributed by atoms with Crippen LogP contribution < -0.4 is 5.32 Å². The van der Waals surface area contributed by atoms with Crippen LogP contribution in [0.3, 0.4) is 0 Å². The number of hydrogen-bond acceptors (Lipinski definition) is 2. The van der Waals surface area contributed by atoms with Gasteiger partial charge >= 0.3 is 0 Å². The van der Waals surface area contributed by atoms with Crippen molar-refractivity contribution in [2.24, 2.45) is 0 Å². The summed E-state index contributed by atoms with van der Waals surface area (Å²) < 4.78 is 0. The van der Waals surface area contributed by atoms with Crippen molar-refractivity contribution in [3.63, 3.8) is 0 Å². The Bertz CT molecular complexity index is 496. The maximum absolute atomic E-state index is 11.6. The number of hydrogen-bond donors (Lipinski definition) is 2. The molecular formula is C12H12ClN3O. The maximum Gasteiger partial charge on any atom is 0.224 e. The van der Waals surface area contributed by atoms with Gasteiger partial charge in [0.25, 0.3) is 0 Å². The molecule has 0 saturated heterocycles. The third-order valence-corrected chi connectivity index (χ3v) is 2.53. The standard InChI is InChI=1S/C12H12ClN3O/c13-11-3-1-2-9(4-11)5-12(17)14-6-10-7-15-16-8-10/h1-4,7-8H,5-6H2,(H,14,17)(H,15,16). The van der Waals surface area contributed by atoms with Crippen molar-refractivity contribution < 1.29 is 4.79 Å². The summed E-state index contributed by atoms with van der Waals surface area (Å²) in [5.74, 6) is -0.0338. The molecule has 0 saturated carbocycles. The van der Waals surface area contributed by atoms with E-state index in [2.05, 4.69) is 15.5 Å². The number of H-pyrrole nitrogens is 1. The highest BCUT2D eigenvalue weighted by Crippen LogP contribution is 2.10. The van der Waals surface area contributed by atoms with E-state index in [9.17, 15) is 4.79 Å². The summed E-state index contributed by atoms with van der Waals surface area (Å²) >= 11 is 5.84. The Morgan fingerprint density at radius 1 is 1.41 bits per heavy atom. The van der Waals surface area contributed by atoms with Gasteiger partial charge in [0.1, 0.15) is 0 Å². The van der Waals surface area contributed by atoms with Crippen LogP contribution in [-0.2, 0) is 17.8 Å². The molecule has 0 radical (unpaired) electrons. The number of aromatic nitrogens is 2. The monoisotopic (exact) mass is 249 g/mol. The zero-order valence-corrected chi connectivity index (χ0v) is 9.87. The summed E-state index contributed by atoms with van der Waals surface area (Å²) in [6.45, 7) is 0.482. The number of nitrogens with one attached hydrogen (secondary N) is 2. The molecular weight excluding hydrogens is 238 g/mol. The van der Waals surface area contributed by atoms with Crippen molar-refractivity contribution in [3.05, 3.63) is 52.8 Å². The van der Waals surface area contributed by atoms with Crippen LogP contribution in [0.2, 0.25) is 5.02 Å². The summed E-state index contributed by atoms with van der Waals surface area (Å²) in [6, 6.07) is 7.29. The number of aromatic amines is 1. The average molecular weight is 250 g/mol. The van der Waals surface area contributed by atoms with E-state index < -0.39 is 0 Å². The molecule has 4 nitrogen and oxygen atoms in total. The molecule has 0 unspecified atom stereocenters. The van der Waals surface area contributed by atoms with Crippen molar-refractivity contribution in [2.45, 2.75) is 13.0 Å². The Kier molecular flexibility index (Phi) is 3.77. The second kappa shape index (κ2) is 5.50. The zero-order valence-electron chi connectivity index (χ0n) is 9.11. The van der Waals surface area contributed by atoms with Crippen molar-refractivity contribution in [3.8, 4) is 0 Å². The largest absolute Gasteiger partial charge is 0.352 e. The van der Waals surface area contributed by atoms with Crippen LogP contribution in [0.1, 0.15) is 11.1 Å². The maximum atomic E-state index is 11.6. The molecule has 2 aromatic rings. The number of halogens is 1. The van der Waals surface area contributed by atoms with E-state index in [1.54, 1.807) is 24.5 Å². The number of rotatable bonds is 4. The van der Waals surface area contributed by atoms with Gasteiger partial charge in [-0.2, -0.15) is 5.10 Å². The van der Waals surface area contributed by atoms with E-state index in [0.717, 1.165) is 11.1 Å². The van der Waals surface area contributed by atoms with Crippen molar-refractivity contribution in [1.29, 1.82) is 0 Å². The van der Waals surface area contributed by atoms with E-state index in [-0.39, 0.29) is 5.91 Å². The smallest absolute Gasteiger partial charge is 0.224 e. The topological polar surface area (TPSA) is 57.8 Å². The first kappa shape index (κ1) is 11.7. The molecule has 2 N–H and O–H groups in total. The quantitative estimate of drug-likeness (QED) is 0.870. The van der Waals surface area contributed by atoms with Crippen LogP contribution in [-0.4, -0.2) is 16.1 Å². The van der Waals surface area contributed by atoms with Crippen molar-refractivity contribution in [2.75, 3.05) is 0 Å². The molecule has 0 aliphatic carbocycles. The van der Waals surface area contributed by atoms with Gasteiger partial charge in [0.2, 0.25) is 5.91 Å². The zero-order chi connectivity index (χ0) is 12.1. The first-order chi connectivity index (χ1) is 8.24. The fraction of sp³-hybridized carbons (Fsp3) is 0.167. The first-order valence-corrected chi connectivity index (χ1v) is 5.60. The molecule has 0 spiro atoms. The molecule has 1 heterocycles. The van der Waals surface area contributed by atoms with Crippen LogP contribution >= 0.6 is 11.6 Å². The molecule has 0 atom stereocenters. The number of nitrogens with zero attached hydrogens (tertiary/aromatic N) is 1. The lowest BCUT2D eigenvalue weighted by Crippen LogP contribution is -2.24. The lowest BCUT2D eigenvalue weighted by molar-refractivity contribution is -0.120. The van der Waals surface area contributed by atoms with Gasteiger partial charge < -0.3 is 5.32 Å². The molecule has 17 heavy (non-hydrogen) atoms. The molecule has 1 aromatic heterocycles. The Morgan fingerprint density at radius 3 is 3.00 bits per heavy atom. The van der Waals surface area contributed by atoms with Gasteiger partial charge in [-0.3, -0.25) is 9.89 Å². The number of carbonyl (C=O) groups excluding carboxylic acids is 1. The van der Waals surface area contributed by atoms with E-state index in [1.165, 1.54) is 0 Å². The highest BCUT2D eigenvalue weighted by molar-refractivity contribution is 6.30. The summed E-state index contributed by atoms with van der Waals surface area (Å²) in [4.78, 5) is 11.6. The van der Waals surface area contributed by atoms with Crippen LogP contribution in [0.25, 0.3) is 0 Å². The van der Waals surface area contributed by atoms with Crippen LogP contribution in [0.5, 0.6) is 0 Å². The summed E-state index contributed by atoms with van der Waals surface area (Å²) in [5, 5.41) is 9.95. The van der Waals surface area contributed by atoms with E-state index in [1.807, 2.05) is 12.1 Å². The van der Waals surface area contributed by atoms with Crippen LogP contribution in [0, 0.1) is 0 Å². The summed E-state index contributed by atoms with van der Waals surface area (Å²) in [5.41, 5.74) is 1.85. The predicted molar refractivity (Wildman–Crippen MR) is 65.6 cm³/mol. The summed E-state index contributed by atoms with van der Waals surface area (Å²) in [6.07, 6.45) is 3.76. The minimum atomic E-state index is -0.0338. The SMILES string of the molecule is O=C(Cc1cccc(Cl)c1)NCc1cn[nH]c1. The molecule has 5 heteroatoms. The van der Waals surface area contributed by atoms with Crippen molar-refractivity contribution >= 4 is 17.5 Å². The van der Waals surface area contributed by atoms with Crippen LogP contribution in [0.15, 0.2) is 36.7 Å². The Balaban J connectivity index is 1.85. The highest BCUT2D eigenvalue weighted by atomic mass is 35.5. The Hall–Kier alpha value is -1.81. The van der Waals surface area contributed by atoms with Gasteiger partial charge in [-0.1, -0.05) is 23.7 Å². The second-order valence-electron chi connectivity index (χ2n) is 3.69. The lowest BCUT2D eigenvalue weighted by Gasteiger charge is -2.04. The number of amides is 1. The van der Waals surface area contributed by atoms with Gasteiger partial charge in [0.15, 0.2) is 0 Å². The minimum Gasteiger partial charge on any atom is -0.352 e. The number of carbonyl (C=O) groups is 1. The Morgan fingerprint density at radius 2 is 2.29 bits per heavy atom. The first-order valence-electron chi connectivity index (χ1n) is 5.23. The van der Waals surface area contributed by atoms with E-state index in [4.69, 9.17) is 11.6 Å². The molecule has 0 fully saturated rings. The molecule has 88 valence electrons. The predicted octanol–water partition coefficient (Wildman–Crippen LogP) is 1.92. The van der Waals surface area contributed by atoms with Gasteiger partial charge in [-0.05, 0) is 17.7 Å². The van der Waals surface area contributed by atoms with E-state index >= 15 is 0 Å². The van der Waals surface area contributed by atoms with Gasteiger partial charge in [0, 0.05) is 23.3 Å². The fourth-order valence-corrected chi connectivity index (χ4v) is 1.68.